The lowest BCUT2D eigenvalue weighted by atomic mass is 9.99. The third kappa shape index (κ3) is 7.17. The second-order valence-corrected chi connectivity index (χ2v) is 3.97. The molecule has 0 fully saturated rings. The molecular formula is C9H16ClF3. The lowest BCUT2D eigenvalue weighted by Gasteiger charge is -2.16. The van der Waals surface area contributed by atoms with Crippen LogP contribution in [0.3, 0.4) is 0 Å². The van der Waals surface area contributed by atoms with Crippen LogP contribution in [-0.4, -0.2) is 11.6 Å². The van der Waals surface area contributed by atoms with E-state index in [-0.39, 0.29) is 17.7 Å². The van der Waals surface area contributed by atoms with Gasteiger partial charge in [0.25, 0.3) is 0 Å². The smallest absolute Gasteiger partial charge is 0.171 e. The lowest BCUT2D eigenvalue weighted by molar-refractivity contribution is -0.136. The van der Waals surface area contributed by atoms with Crippen molar-refractivity contribution in [3.8, 4) is 0 Å². The van der Waals surface area contributed by atoms with Crippen LogP contribution in [0.15, 0.2) is 0 Å². The molecule has 80 valence electrons. The molecule has 0 aromatic rings. The first-order chi connectivity index (χ1) is 5.87. The van der Waals surface area contributed by atoms with Crippen LogP contribution in [0.2, 0.25) is 0 Å². The van der Waals surface area contributed by atoms with Crippen molar-refractivity contribution in [2.24, 2.45) is 5.92 Å². The lowest BCUT2D eigenvalue weighted by Crippen LogP contribution is -2.12. The van der Waals surface area contributed by atoms with Crippen molar-refractivity contribution in [1.29, 1.82) is 0 Å². The van der Waals surface area contributed by atoms with Crippen LogP contribution in [0, 0.1) is 5.92 Å². The van der Waals surface area contributed by atoms with E-state index in [2.05, 4.69) is 0 Å². The van der Waals surface area contributed by atoms with Gasteiger partial charge < -0.3 is 0 Å². The topological polar surface area (TPSA) is 0 Å². The molecule has 0 N–H and O–H groups in total. The average Bonchev–Trinajstić information content (AvgIpc) is 2.00. The Morgan fingerprint density at radius 1 is 1.31 bits per heavy atom. The molecule has 0 saturated carbocycles. The first-order valence-corrected chi connectivity index (χ1v) is 5.01. The summed E-state index contributed by atoms with van der Waals surface area (Å²) >= 11 is 5.88. The summed E-state index contributed by atoms with van der Waals surface area (Å²) in [5, 5.41) is 0.00762. The molecule has 0 aliphatic rings. The zero-order chi connectivity index (χ0) is 10.5. The van der Waals surface area contributed by atoms with Crippen LogP contribution in [-0.2, 0) is 0 Å². The van der Waals surface area contributed by atoms with Gasteiger partial charge in [0, 0.05) is 11.8 Å². The van der Waals surface area contributed by atoms with Gasteiger partial charge in [-0.2, -0.15) is 13.2 Å². The Labute approximate surface area is 82.5 Å². The molecule has 2 unspecified atom stereocenters. The fourth-order valence-electron chi connectivity index (χ4n) is 1.21. The molecule has 0 aliphatic carbocycles. The Bertz CT molecular complexity index is 133. The van der Waals surface area contributed by atoms with Gasteiger partial charge in [0.2, 0.25) is 0 Å². The molecule has 4 heteroatoms. The van der Waals surface area contributed by atoms with E-state index >= 15 is 0 Å². The highest BCUT2D eigenvalue weighted by Crippen LogP contribution is 2.26. The van der Waals surface area contributed by atoms with Crippen molar-refractivity contribution >= 4 is 11.6 Å². The van der Waals surface area contributed by atoms with Gasteiger partial charge in [-0.25, -0.2) is 0 Å². The Kier molecular flexibility index (Phi) is 5.77. The Morgan fingerprint density at radius 2 is 1.85 bits per heavy atom. The summed E-state index contributed by atoms with van der Waals surface area (Å²) in [4.78, 5) is 0. The van der Waals surface area contributed by atoms with E-state index in [0.29, 0.717) is 6.42 Å². The number of alkyl halides is 4. The zero-order valence-corrected chi connectivity index (χ0v) is 8.75. The van der Waals surface area contributed by atoms with Gasteiger partial charge in [0.1, 0.15) is 0 Å². The van der Waals surface area contributed by atoms with Gasteiger partial charge in [-0.15, -0.1) is 11.6 Å². The molecule has 0 radical (unpaired) electrons. The van der Waals surface area contributed by atoms with E-state index in [1.807, 2.05) is 13.8 Å². The second kappa shape index (κ2) is 5.74. The van der Waals surface area contributed by atoms with E-state index in [0.717, 1.165) is 6.42 Å². The summed E-state index contributed by atoms with van der Waals surface area (Å²) in [7, 11) is 0. The molecule has 13 heavy (non-hydrogen) atoms. The Balaban J connectivity index is 3.53. The Morgan fingerprint density at radius 3 is 2.23 bits per heavy atom. The predicted molar refractivity (Wildman–Crippen MR) is 49.0 cm³/mol. The van der Waals surface area contributed by atoms with Crippen molar-refractivity contribution < 1.29 is 13.2 Å². The average molecular weight is 217 g/mol. The molecule has 2 atom stereocenters. The van der Waals surface area contributed by atoms with Crippen molar-refractivity contribution in [2.75, 3.05) is 0 Å². The molecule has 0 rings (SSSR count). The molecule has 0 aliphatic heterocycles. The maximum Gasteiger partial charge on any atom is 0.389 e. The third-order valence-corrected chi connectivity index (χ3v) is 2.87. The summed E-state index contributed by atoms with van der Waals surface area (Å²) in [5.74, 6) is 0.175. The quantitative estimate of drug-likeness (QED) is 0.599. The van der Waals surface area contributed by atoms with Gasteiger partial charge in [-0.3, -0.25) is 0 Å². The van der Waals surface area contributed by atoms with Gasteiger partial charge in [-0.05, 0) is 25.2 Å². The molecule has 0 heterocycles. The van der Waals surface area contributed by atoms with Crippen LogP contribution >= 0.6 is 11.6 Å². The van der Waals surface area contributed by atoms with Crippen LogP contribution < -0.4 is 0 Å². The van der Waals surface area contributed by atoms with E-state index in [4.69, 9.17) is 11.6 Å². The molecule has 0 bridgehead atoms. The molecule has 0 amide bonds. The first kappa shape index (κ1) is 13.1. The zero-order valence-electron chi connectivity index (χ0n) is 7.99. The van der Waals surface area contributed by atoms with Crippen molar-refractivity contribution in [3.05, 3.63) is 0 Å². The monoisotopic (exact) mass is 216 g/mol. The Hall–Kier alpha value is 0.0800. The summed E-state index contributed by atoms with van der Waals surface area (Å²) in [5.41, 5.74) is 0. The van der Waals surface area contributed by atoms with Crippen LogP contribution in [0.5, 0.6) is 0 Å². The molecular weight excluding hydrogens is 201 g/mol. The first-order valence-electron chi connectivity index (χ1n) is 4.57. The van der Waals surface area contributed by atoms with Crippen LogP contribution in [0.1, 0.15) is 39.5 Å². The van der Waals surface area contributed by atoms with Crippen molar-refractivity contribution in [2.45, 2.75) is 51.1 Å². The molecule has 0 aromatic heterocycles. The second-order valence-electron chi connectivity index (χ2n) is 3.41. The number of hydrogen-bond donors (Lipinski definition) is 0. The summed E-state index contributed by atoms with van der Waals surface area (Å²) in [6.45, 7) is 3.84. The van der Waals surface area contributed by atoms with E-state index in [9.17, 15) is 13.2 Å². The normalized spacial score (nSPS) is 17.1. The number of rotatable bonds is 5. The third-order valence-electron chi connectivity index (χ3n) is 2.13. The largest absolute Gasteiger partial charge is 0.389 e. The highest BCUT2D eigenvalue weighted by atomic mass is 35.5. The fourth-order valence-corrected chi connectivity index (χ4v) is 1.33. The molecule has 0 saturated heterocycles. The molecule has 0 nitrogen and oxygen atoms in total. The van der Waals surface area contributed by atoms with Crippen LogP contribution in [0.25, 0.3) is 0 Å². The van der Waals surface area contributed by atoms with E-state index in [1.54, 1.807) is 0 Å². The van der Waals surface area contributed by atoms with Gasteiger partial charge in [0.15, 0.2) is 0 Å². The van der Waals surface area contributed by atoms with Gasteiger partial charge in [0.05, 0.1) is 0 Å². The number of hydrogen-bond acceptors (Lipinski definition) is 0. The summed E-state index contributed by atoms with van der Waals surface area (Å²) < 4.78 is 35.3. The molecule has 0 spiro atoms. The predicted octanol–water partition coefficient (Wildman–Crippen LogP) is 4.37. The van der Waals surface area contributed by atoms with E-state index in [1.165, 1.54) is 0 Å². The van der Waals surface area contributed by atoms with Gasteiger partial charge in [-0.1, -0.05) is 13.8 Å². The minimum Gasteiger partial charge on any atom is -0.171 e. The van der Waals surface area contributed by atoms with E-state index < -0.39 is 12.6 Å². The summed E-state index contributed by atoms with van der Waals surface area (Å²) in [6, 6.07) is 0. The van der Waals surface area contributed by atoms with Crippen LogP contribution in [0.4, 0.5) is 13.2 Å². The van der Waals surface area contributed by atoms with Crippen molar-refractivity contribution in [3.63, 3.8) is 0 Å². The maximum atomic E-state index is 11.8. The minimum atomic E-state index is -4.02. The summed E-state index contributed by atoms with van der Waals surface area (Å²) in [6.07, 6.45) is -3.15. The fraction of sp³-hybridized carbons (Fsp3) is 1.00. The highest BCUT2D eigenvalue weighted by molar-refractivity contribution is 6.20. The number of halogens is 4. The minimum absolute atomic E-state index is 0.00762. The highest BCUT2D eigenvalue weighted by Gasteiger charge is 2.26. The van der Waals surface area contributed by atoms with Gasteiger partial charge >= 0.3 is 6.18 Å². The molecule has 0 aromatic carbocycles. The standard InChI is InChI=1S/C9H16ClF3/c1-3-8(10)7(2)5-4-6-9(11,12)13/h7-8H,3-6H2,1-2H3. The maximum absolute atomic E-state index is 11.8. The SMILES string of the molecule is CCC(Cl)C(C)CCCC(F)(F)F. The van der Waals surface area contributed by atoms with Crippen molar-refractivity contribution in [1.82, 2.24) is 0 Å².